The van der Waals surface area contributed by atoms with Gasteiger partial charge in [-0.15, -0.1) is 0 Å². The van der Waals surface area contributed by atoms with Gasteiger partial charge in [-0.2, -0.15) is 0 Å². The molecular formula is C27H23NO. The summed E-state index contributed by atoms with van der Waals surface area (Å²) >= 11 is 0. The van der Waals surface area contributed by atoms with E-state index in [4.69, 9.17) is 9.40 Å². The Bertz CT molecular complexity index is 1450. The van der Waals surface area contributed by atoms with Crippen LogP contribution in [0.15, 0.2) is 71.3 Å². The lowest BCUT2D eigenvalue weighted by Crippen LogP contribution is -2.43. The number of nitrogens with zero attached hydrogens (tertiary/aromatic N) is 1. The van der Waals surface area contributed by atoms with Crippen molar-refractivity contribution in [2.45, 2.75) is 38.5 Å². The van der Waals surface area contributed by atoms with Crippen molar-refractivity contribution in [3.05, 3.63) is 78.0 Å². The standard InChI is InChI=1S/C27H23NO/c1-26(2)21-10-7-13-28-24(21)20-15-23-19(14-22(20)27(26,3)4)18-12-11-16-8-5-6-9-17(16)25(18)29-23/h5-15H,1-4H3. The summed E-state index contributed by atoms with van der Waals surface area (Å²) in [6, 6.07) is 21.7. The third-order valence-electron chi connectivity index (χ3n) is 7.47. The van der Waals surface area contributed by atoms with Crippen molar-refractivity contribution in [2.75, 3.05) is 0 Å². The van der Waals surface area contributed by atoms with Crippen molar-refractivity contribution in [3.8, 4) is 11.3 Å². The molecule has 2 nitrogen and oxygen atoms in total. The van der Waals surface area contributed by atoms with Crippen LogP contribution in [-0.2, 0) is 10.8 Å². The lowest BCUT2D eigenvalue weighted by atomic mass is 9.56. The second-order valence-corrected chi connectivity index (χ2v) is 9.31. The topological polar surface area (TPSA) is 26.0 Å². The van der Waals surface area contributed by atoms with Gasteiger partial charge in [0.1, 0.15) is 11.2 Å². The number of hydrogen-bond donors (Lipinski definition) is 0. The van der Waals surface area contributed by atoms with Gasteiger partial charge in [0.2, 0.25) is 0 Å². The Morgan fingerprint density at radius 2 is 1.52 bits per heavy atom. The highest BCUT2D eigenvalue weighted by Gasteiger charge is 2.46. The predicted molar refractivity (Wildman–Crippen MR) is 121 cm³/mol. The van der Waals surface area contributed by atoms with E-state index in [1.807, 2.05) is 12.3 Å². The van der Waals surface area contributed by atoms with Crippen molar-refractivity contribution >= 4 is 32.7 Å². The third-order valence-corrected chi connectivity index (χ3v) is 7.47. The molecule has 0 amide bonds. The van der Waals surface area contributed by atoms with E-state index in [9.17, 15) is 0 Å². The average molecular weight is 377 g/mol. The zero-order valence-corrected chi connectivity index (χ0v) is 17.2. The highest BCUT2D eigenvalue weighted by atomic mass is 16.3. The molecule has 1 aliphatic carbocycles. The Morgan fingerprint density at radius 3 is 2.38 bits per heavy atom. The highest BCUT2D eigenvalue weighted by molar-refractivity contribution is 6.15. The minimum absolute atomic E-state index is 0.0243. The lowest BCUT2D eigenvalue weighted by molar-refractivity contribution is 0.298. The van der Waals surface area contributed by atoms with E-state index in [-0.39, 0.29) is 10.8 Å². The first-order valence-electron chi connectivity index (χ1n) is 10.2. The van der Waals surface area contributed by atoms with E-state index >= 15 is 0 Å². The summed E-state index contributed by atoms with van der Waals surface area (Å²) in [5.74, 6) is 0. The SMILES string of the molecule is CC1(C)c2cc3c(cc2-c2ncccc2C1(C)C)oc1c2ccccc2ccc31. The maximum Gasteiger partial charge on any atom is 0.143 e. The minimum atomic E-state index is -0.0347. The molecule has 142 valence electrons. The van der Waals surface area contributed by atoms with Gasteiger partial charge in [-0.25, -0.2) is 0 Å². The van der Waals surface area contributed by atoms with E-state index in [1.165, 1.54) is 32.8 Å². The average Bonchev–Trinajstić information content (AvgIpc) is 3.10. The number of aromatic nitrogens is 1. The molecule has 2 heterocycles. The Labute approximate surface area is 170 Å². The summed E-state index contributed by atoms with van der Waals surface area (Å²) in [4.78, 5) is 4.79. The molecule has 0 saturated heterocycles. The molecule has 2 heteroatoms. The van der Waals surface area contributed by atoms with Gasteiger partial charge in [0.05, 0.1) is 5.69 Å². The zero-order valence-electron chi connectivity index (χ0n) is 17.2. The van der Waals surface area contributed by atoms with Crippen molar-refractivity contribution in [1.29, 1.82) is 0 Å². The minimum Gasteiger partial charge on any atom is -0.455 e. The van der Waals surface area contributed by atoms with Crippen molar-refractivity contribution in [3.63, 3.8) is 0 Å². The molecule has 0 N–H and O–H groups in total. The molecule has 0 fully saturated rings. The fourth-order valence-corrected chi connectivity index (χ4v) is 5.06. The van der Waals surface area contributed by atoms with Crippen LogP contribution in [0.1, 0.15) is 38.8 Å². The van der Waals surface area contributed by atoms with E-state index in [1.54, 1.807) is 0 Å². The predicted octanol–water partition coefficient (Wildman–Crippen LogP) is 7.37. The fraction of sp³-hybridized carbons (Fsp3) is 0.222. The number of hydrogen-bond acceptors (Lipinski definition) is 2. The van der Waals surface area contributed by atoms with Gasteiger partial charge in [0.25, 0.3) is 0 Å². The van der Waals surface area contributed by atoms with Crippen LogP contribution in [0.3, 0.4) is 0 Å². The Hall–Kier alpha value is -3.13. The van der Waals surface area contributed by atoms with Crippen LogP contribution in [0, 0.1) is 0 Å². The van der Waals surface area contributed by atoms with Gasteiger partial charge < -0.3 is 4.42 Å². The van der Waals surface area contributed by atoms with Gasteiger partial charge >= 0.3 is 0 Å². The molecule has 0 saturated carbocycles. The van der Waals surface area contributed by atoms with Crippen LogP contribution in [0.25, 0.3) is 44.0 Å². The van der Waals surface area contributed by atoms with Crippen LogP contribution >= 0.6 is 0 Å². The monoisotopic (exact) mass is 377 g/mol. The van der Waals surface area contributed by atoms with E-state index < -0.39 is 0 Å². The summed E-state index contributed by atoms with van der Waals surface area (Å²) in [7, 11) is 0. The molecule has 29 heavy (non-hydrogen) atoms. The van der Waals surface area contributed by atoms with Gasteiger partial charge in [0.15, 0.2) is 0 Å². The molecule has 3 aromatic carbocycles. The quantitative estimate of drug-likeness (QED) is 0.281. The van der Waals surface area contributed by atoms with Crippen molar-refractivity contribution < 1.29 is 4.42 Å². The summed E-state index contributed by atoms with van der Waals surface area (Å²) < 4.78 is 6.44. The smallest absolute Gasteiger partial charge is 0.143 e. The van der Waals surface area contributed by atoms with Crippen molar-refractivity contribution in [2.24, 2.45) is 0 Å². The van der Waals surface area contributed by atoms with Gasteiger partial charge in [-0.05, 0) is 46.2 Å². The van der Waals surface area contributed by atoms with Gasteiger partial charge in [-0.3, -0.25) is 4.98 Å². The number of fused-ring (bicyclic) bond motifs is 8. The zero-order chi connectivity index (χ0) is 20.0. The summed E-state index contributed by atoms with van der Waals surface area (Å²) in [6.45, 7) is 9.37. The van der Waals surface area contributed by atoms with Gasteiger partial charge in [0, 0.05) is 33.3 Å². The first-order valence-corrected chi connectivity index (χ1v) is 10.2. The molecule has 1 aliphatic rings. The van der Waals surface area contributed by atoms with Crippen molar-refractivity contribution in [1.82, 2.24) is 4.98 Å². The summed E-state index contributed by atoms with van der Waals surface area (Å²) in [5.41, 5.74) is 6.77. The van der Waals surface area contributed by atoms with Crippen LogP contribution < -0.4 is 0 Å². The van der Waals surface area contributed by atoms with E-state index in [2.05, 4.69) is 82.3 Å². The molecular weight excluding hydrogens is 354 g/mol. The molecule has 6 rings (SSSR count). The number of rotatable bonds is 0. The first kappa shape index (κ1) is 16.8. The Kier molecular flexibility index (Phi) is 3.05. The molecule has 5 aromatic rings. The summed E-state index contributed by atoms with van der Waals surface area (Å²) in [5, 5.41) is 4.74. The third kappa shape index (κ3) is 1.99. The number of benzene rings is 3. The summed E-state index contributed by atoms with van der Waals surface area (Å²) in [6.07, 6.45) is 1.90. The number of furan rings is 1. The largest absolute Gasteiger partial charge is 0.455 e. The van der Waals surface area contributed by atoms with Crippen LogP contribution in [-0.4, -0.2) is 4.98 Å². The molecule has 0 radical (unpaired) electrons. The second kappa shape index (κ2) is 5.27. The lowest BCUT2D eigenvalue weighted by Gasteiger charge is -2.47. The fourth-order valence-electron chi connectivity index (χ4n) is 5.06. The maximum atomic E-state index is 6.44. The number of pyridine rings is 1. The second-order valence-electron chi connectivity index (χ2n) is 9.31. The maximum absolute atomic E-state index is 6.44. The first-order chi connectivity index (χ1) is 13.9. The molecule has 0 unspecified atom stereocenters. The van der Waals surface area contributed by atoms with Crippen LogP contribution in [0.5, 0.6) is 0 Å². The highest BCUT2D eigenvalue weighted by Crippen LogP contribution is 2.54. The van der Waals surface area contributed by atoms with Gasteiger partial charge in [-0.1, -0.05) is 64.1 Å². The van der Waals surface area contributed by atoms with Crippen LogP contribution in [0.4, 0.5) is 0 Å². The van der Waals surface area contributed by atoms with E-state index in [0.717, 1.165) is 22.2 Å². The molecule has 0 aliphatic heterocycles. The molecule has 0 bridgehead atoms. The molecule has 2 aromatic heterocycles. The molecule has 0 spiro atoms. The Morgan fingerprint density at radius 1 is 0.724 bits per heavy atom. The van der Waals surface area contributed by atoms with Crippen LogP contribution in [0.2, 0.25) is 0 Å². The molecule has 0 atom stereocenters. The Balaban J connectivity index is 1.77. The normalized spacial score (nSPS) is 16.8. The van der Waals surface area contributed by atoms with E-state index in [0.29, 0.717) is 0 Å².